The van der Waals surface area contributed by atoms with Gasteiger partial charge < -0.3 is 4.42 Å². The fourth-order valence-corrected chi connectivity index (χ4v) is 5.29. The second-order valence-corrected chi connectivity index (χ2v) is 9.51. The van der Waals surface area contributed by atoms with E-state index in [1.165, 1.54) is 16.5 Å². The van der Waals surface area contributed by atoms with E-state index in [1.807, 2.05) is 30.3 Å². The summed E-state index contributed by atoms with van der Waals surface area (Å²) in [6.45, 7) is 0. The van der Waals surface area contributed by atoms with Gasteiger partial charge in [0.2, 0.25) is 0 Å². The lowest BCUT2D eigenvalue weighted by Gasteiger charge is -2.17. The van der Waals surface area contributed by atoms with Gasteiger partial charge in [0, 0.05) is 27.8 Å². The maximum atomic E-state index is 6.16. The van der Waals surface area contributed by atoms with Crippen molar-refractivity contribution in [3.63, 3.8) is 0 Å². The number of fused-ring (bicyclic) bond motifs is 3. The number of hydrogen-bond donors (Lipinski definition) is 0. The third-order valence-corrected chi connectivity index (χ3v) is 7.11. The summed E-state index contributed by atoms with van der Waals surface area (Å²) in [4.78, 5) is 14.9. The average molecular weight is 480 g/mol. The Morgan fingerprint density at radius 2 is 1.59 bits per heavy atom. The molecule has 0 N–H and O–H groups in total. The van der Waals surface area contributed by atoms with Crippen LogP contribution >= 0.6 is 0 Å². The SMILES string of the molecule is C1=CCC(c2nc(C3=CCCC(c4cccc5oc6ccccc6c45)=C3)nc(-c3ccccc3)n2)C=C1. The highest BCUT2D eigenvalue weighted by atomic mass is 16.3. The van der Waals surface area contributed by atoms with Crippen molar-refractivity contribution in [3.05, 3.63) is 126 Å². The van der Waals surface area contributed by atoms with Gasteiger partial charge in [-0.15, -0.1) is 0 Å². The van der Waals surface area contributed by atoms with Crippen LogP contribution in [0.2, 0.25) is 0 Å². The summed E-state index contributed by atoms with van der Waals surface area (Å²) in [7, 11) is 0. The third kappa shape index (κ3) is 4.01. The predicted molar refractivity (Wildman–Crippen MR) is 150 cm³/mol. The third-order valence-electron chi connectivity index (χ3n) is 7.11. The molecule has 1 atom stereocenters. The Labute approximate surface area is 215 Å². The summed E-state index contributed by atoms with van der Waals surface area (Å²) in [6.07, 6.45) is 15.8. The van der Waals surface area contributed by atoms with Crippen molar-refractivity contribution in [2.45, 2.75) is 25.2 Å². The van der Waals surface area contributed by atoms with Gasteiger partial charge in [0.05, 0.1) is 0 Å². The minimum absolute atomic E-state index is 0.146. The number of nitrogens with zero attached hydrogens (tertiary/aromatic N) is 3. The Morgan fingerprint density at radius 1 is 0.757 bits per heavy atom. The first-order valence-corrected chi connectivity index (χ1v) is 12.8. The summed E-state index contributed by atoms with van der Waals surface area (Å²) in [5, 5.41) is 2.32. The number of aromatic nitrogens is 3. The zero-order chi connectivity index (χ0) is 24.6. The largest absolute Gasteiger partial charge is 0.456 e. The van der Waals surface area contributed by atoms with E-state index in [0.717, 1.165) is 58.6 Å². The molecule has 2 aliphatic carbocycles. The molecule has 0 fully saturated rings. The Balaban J connectivity index is 1.36. The van der Waals surface area contributed by atoms with Gasteiger partial charge in [-0.05, 0) is 48.6 Å². The van der Waals surface area contributed by atoms with Gasteiger partial charge >= 0.3 is 0 Å². The molecule has 2 heterocycles. The molecule has 37 heavy (non-hydrogen) atoms. The molecule has 0 spiro atoms. The van der Waals surface area contributed by atoms with Crippen LogP contribution in [0.15, 0.2) is 114 Å². The van der Waals surface area contributed by atoms with Gasteiger partial charge in [-0.25, -0.2) is 15.0 Å². The maximum absolute atomic E-state index is 6.16. The van der Waals surface area contributed by atoms with Crippen LogP contribution in [0.1, 0.15) is 42.4 Å². The lowest BCUT2D eigenvalue weighted by Crippen LogP contribution is -2.09. The Hall–Kier alpha value is -4.57. The fourth-order valence-electron chi connectivity index (χ4n) is 5.29. The van der Waals surface area contributed by atoms with Gasteiger partial charge in [0.1, 0.15) is 17.0 Å². The van der Waals surface area contributed by atoms with Crippen molar-refractivity contribution in [3.8, 4) is 11.4 Å². The van der Waals surface area contributed by atoms with Crippen molar-refractivity contribution >= 4 is 33.1 Å². The molecule has 1 unspecified atom stereocenters. The fraction of sp³-hybridized carbons (Fsp3) is 0.121. The van der Waals surface area contributed by atoms with E-state index in [1.54, 1.807) is 0 Å². The summed E-state index contributed by atoms with van der Waals surface area (Å²) >= 11 is 0. The number of hydrogen-bond acceptors (Lipinski definition) is 4. The second kappa shape index (κ2) is 9.14. The van der Waals surface area contributed by atoms with Crippen molar-refractivity contribution in [1.29, 1.82) is 0 Å². The lowest BCUT2D eigenvalue weighted by molar-refractivity contribution is 0.669. The highest BCUT2D eigenvalue weighted by molar-refractivity contribution is 6.10. The van der Waals surface area contributed by atoms with E-state index < -0.39 is 0 Å². The standard InChI is InChI=1S/C33H25N3O/c1-3-11-22(12-4-1)31-34-32(23-13-5-2-6-14-23)36-33(35-31)25-16-9-15-24(21-25)26-18-10-20-29-30(26)27-17-7-8-19-28(27)37-29/h1-8,10-13,16-21,23H,9,14-15H2. The Morgan fingerprint density at radius 3 is 2.49 bits per heavy atom. The lowest BCUT2D eigenvalue weighted by atomic mass is 9.90. The van der Waals surface area contributed by atoms with E-state index >= 15 is 0 Å². The molecular formula is C33H25N3O. The van der Waals surface area contributed by atoms with E-state index in [-0.39, 0.29) is 5.92 Å². The molecule has 4 nitrogen and oxygen atoms in total. The molecule has 2 aliphatic rings. The first-order chi connectivity index (χ1) is 18.3. The van der Waals surface area contributed by atoms with Crippen LogP contribution in [0.5, 0.6) is 0 Å². The van der Waals surface area contributed by atoms with E-state index in [2.05, 4.69) is 78.9 Å². The Kier molecular flexibility index (Phi) is 5.36. The van der Waals surface area contributed by atoms with Crippen molar-refractivity contribution in [2.75, 3.05) is 0 Å². The summed E-state index contributed by atoms with van der Waals surface area (Å²) in [5.41, 5.74) is 6.37. The van der Waals surface area contributed by atoms with Gasteiger partial charge in [-0.2, -0.15) is 0 Å². The first-order valence-electron chi connectivity index (χ1n) is 12.8. The molecule has 178 valence electrons. The predicted octanol–water partition coefficient (Wildman–Crippen LogP) is 8.30. The molecule has 0 amide bonds. The molecule has 0 aliphatic heterocycles. The van der Waals surface area contributed by atoms with E-state index in [0.29, 0.717) is 5.82 Å². The van der Waals surface area contributed by atoms with Gasteiger partial charge in [-0.3, -0.25) is 0 Å². The summed E-state index contributed by atoms with van der Waals surface area (Å²) in [5.74, 6) is 2.41. The van der Waals surface area contributed by atoms with Crippen molar-refractivity contribution in [2.24, 2.45) is 0 Å². The maximum Gasteiger partial charge on any atom is 0.163 e. The number of allylic oxidation sites excluding steroid dienone is 8. The minimum atomic E-state index is 0.146. The van der Waals surface area contributed by atoms with Gasteiger partial charge in [0.15, 0.2) is 11.6 Å². The molecular weight excluding hydrogens is 454 g/mol. The molecule has 0 saturated heterocycles. The topological polar surface area (TPSA) is 51.8 Å². The van der Waals surface area contributed by atoms with Crippen LogP contribution in [0.25, 0.3) is 44.5 Å². The van der Waals surface area contributed by atoms with Crippen LogP contribution in [-0.2, 0) is 0 Å². The molecule has 4 heteroatoms. The molecule has 5 aromatic rings. The zero-order valence-corrected chi connectivity index (χ0v) is 20.3. The monoisotopic (exact) mass is 479 g/mol. The van der Waals surface area contributed by atoms with Crippen LogP contribution in [-0.4, -0.2) is 15.0 Å². The average Bonchev–Trinajstić information content (AvgIpc) is 3.37. The van der Waals surface area contributed by atoms with Crippen LogP contribution in [0.4, 0.5) is 0 Å². The molecule has 0 saturated carbocycles. The van der Waals surface area contributed by atoms with Gasteiger partial charge in [-0.1, -0.05) is 91.0 Å². The van der Waals surface area contributed by atoms with E-state index in [4.69, 9.17) is 19.4 Å². The smallest absolute Gasteiger partial charge is 0.163 e. The molecule has 2 aromatic heterocycles. The highest BCUT2D eigenvalue weighted by Gasteiger charge is 2.20. The Bertz CT molecular complexity index is 1760. The second-order valence-electron chi connectivity index (χ2n) is 9.51. The first kappa shape index (κ1) is 21.7. The van der Waals surface area contributed by atoms with Crippen LogP contribution in [0, 0.1) is 0 Å². The summed E-state index contributed by atoms with van der Waals surface area (Å²) < 4.78 is 6.16. The van der Waals surface area contributed by atoms with Crippen LogP contribution in [0.3, 0.4) is 0 Å². The van der Waals surface area contributed by atoms with Crippen molar-refractivity contribution in [1.82, 2.24) is 15.0 Å². The summed E-state index contributed by atoms with van der Waals surface area (Å²) in [6, 6.07) is 24.8. The normalized spacial score (nSPS) is 17.2. The van der Waals surface area contributed by atoms with Crippen molar-refractivity contribution < 1.29 is 4.42 Å². The quantitative estimate of drug-likeness (QED) is 0.260. The number of rotatable bonds is 4. The highest BCUT2D eigenvalue weighted by Crippen LogP contribution is 2.38. The molecule has 7 rings (SSSR count). The molecule has 0 bridgehead atoms. The zero-order valence-electron chi connectivity index (χ0n) is 20.3. The van der Waals surface area contributed by atoms with E-state index in [9.17, 15) is 0 Å². The number of furan rings is 1. The number of para-hydroxylation sites is 1. The minimum Gasteiger partial charge on any atom is -0.456 e. The van der Waals surface area contributed by atoms with Crippen LogP contribution < -0.4 is 0 Å². The molecule has 3 aromatic carbocycles. The molecule has 0 radical (unpaired) electrons. The van der Waals surface area contributed by atoms with Gasteiger partial charge in [0.25, 0.3) is 0 Å². The number of benzene rings is 3.